The number of hydrogen-bond donors (Lipinski definition) is 1. The van der Waals surface area contributed by atoms with Crippen molar-refractivity contribution in [2.75, 3.05) is 0 Å². The summed E-state index contributed by atoms with van der Waals surface area (Å²) < 4.78 is 6.75. The first-order valence-electron chi connectivity index (χ1n) is 6.50. The summed E-state index contributed by atoms with van der Waals surface area (Å²) in [5.41, 5.74) is 1.50. The molecule has 0 aliphatic rings. The van der Waals surface area contributed by atoms with Crippen LogP contribution in [0.1, 0.15) is 20.8 Å². The molecule has 0 radical (unpaired) electrons. The lowest BCUT2D eigenvalue weighted by molar-refractivity contribution is 0.0543. The number of carbonyl (C=O) groups excluding carboxylic acids is 1. The summed E-state index contributed by atoms with van der Waals surface area (Å²) >= 11 is 0. The first-order chi connectivity index (χ1) is 9.96. The van der Waals surface area contributed by atoms with Crippen LogP contribution in [0.15, 0.2) is 31.0 Å². The maximum atomic E-state index is 12.2. The van der Waals surface area contributed by atoms with E-state index in [4.69, 9.17) is 4.74 Å². The van der Waals surface area contributed by atoms with Crippen molar-refractivity contribution in [1.82, 2.24) is 24.7 Å². The second-order valence-electron chi connectivity index (χ2n) is 5.61. The van der Waals surface area contributed by atoms with E-state index < -0.39 is 11.7 Å². The maximum absolute atomic E-state index is 12.2. The zero-order valence-corrected chi connectivity index (χ0v) is 12.0. The molecule has 0 unspecified atom stereocenters. The van der Waals surface area contributed by atoms with E-state index in [0.29, 0.717) is 5.65 Å². The van der Waals surface area contributed by atoms with Crippen molar-refractivity contribution in [2.45, 2.75) is 26.4 Å². The molecular formula is C14H15N5O2. The van der Waals surface area contributed by atoms with Crippen LogP contribution in [0.4, 0.5) is 4.79 Å². The van der Waals surface area contributed by atoms with Gasteiger partial charge in [0, 0.05) is 23.3 Å². The number of rotatable bonds is 1. The molecule has 7 heteroatoms. The van der Waals surface area contributed by atoms with Crippen LogP contribution in [0.5, 0.6) is 0 Å². The number of fused-ring (bicyclic) bond motifs is 1. The van der Waals surface area contributed by atoms with Gasteiger partial charge in [-0.25, -0.2) is 19.3 Å². The van der Waals surface area contributed by atoms with Gasteiger partial charge in [-0.3, -0.25) is 5.10 Å². The number of ether oxygens (including phenoxy) is 1. The molecule has 0 saturated carbocycles. The lowest BCUT2D eigenvalue weighted by atomic mass is 10.2. The van der Waals surface area contributed by atoms with E-state index in [1.807, 2.05) is 20.8 Å². The maximum Gasteiger partial charge on any atom is 0.420 e. The Morgan fingerprint density at radius 2 is 2.14 bits per heavy atom. The first-order valence-corrected chi connectivity index (χ1v) is 6.50. The van der Waals surface area contributed by atoms with Gasteiger partial charge in [0.1, 0.15) is 11.9 Å². The van der Waals surface area contributed by atoms with Gasteiger partial charge in [-0.2, -0.15) is 5.10 Å². The average Bonchev–Trinajstić information content (AvgIpc) is 3.05. The fourth-order valence-electron chi connectivity index (χ4n) is 2.02. The molecule has 0 aromatic carbocycles. The summed E-state index contributed by atoms with van der Waals surface area (Å²) in [4.78, 5) is 20.6. The molecule has 3 heterocycles. The Bertz CT molecular complexity index is 783. The van der Waals surface area contributed by atoms with Crippen LogP contribution in [-0.4, -0.2) is 36.4 Å². The van der Waals surface area contributed by atoms with Crippen LogP contribution < -0.4 is 0 Å². The molecule has 0 aliphatic carbocycles. The lowest BCUT2D eigenvalue weighted by Gasteiger charge is -2.19. The normalized spacial score (nSPS) is 11.8. The summed E-state index contributed by atoms with van der Waals surface area (Å²) in [6.45, 7) is 5.47. The minimum absolute atomic E-state index is 0.464. The van der Waals surface area contributed by atoms with Gasteiger partial charge in [0.25, 0.3) is 0 Å². The van der Waals surface area contributed by atoms with Gasteiger partial charge in [-0.15, -0.1) is 0 Å². The molecule has 3 aromatic rings. The molecule has 0 bridgehead atoms. The van der Waals surface area contributed by atoms with Crippen molar-refractivity contribution < 1.29 is 9.53 Å². The van der Waals surface area contributed by atoms with Gasteiger partial charge in [0.2, 0.25) is 0 Å². The van der Waals surface area contributed by atoms with Crippen molar-refractivity contribution in [1.29, 1.82) is 0 Å². The lowest BCUT2D eigenvalue weighted by Crippen LogP contribution is -2.26. The van der Waals surface area contributed by atoms with Crippen LogP contribution >= 0.6 is 0 Å². The van der Waals surface area contributed by atoms with Crippen LogP contribution in [0.2, 0.25) is 0 Å². The van der Waals surface area contributed by atoms with Crippen molar-refractivity contribution in [3.05, 3.63) is 31.0 Å². The third-order valence-corrected chi connectivity index (χ3v) is 2.84. The fraction of sp³-hybridized carbons (Fsp3) is 0.286. The van der Waals surface area contributed by atoms with E-state index in [-0.39, 0.29) is 0 Å². The third-order valence-electron chi connectivity index (χ3n) is 2.84. The highest BCUT2D eigenvalue weighted by Crippen LogP contribution is 2.25. The Morgan fingerprint density at radius 1 is 1.33 bits per heavy atom. The van der Waals surface area contributed by atoms with Gasteiger partial charge < -0.3 is 4.74 Å². The van der Waals surface area contributed by atoms with E-state index in [2.05, 4.69) is 20.2 Å². The predicted octanol–water partition coefficient (Wildman–Crippen LogP) is 2.60. The van der Waals surface area contributed by atoms with Gasteiger partial charge in [0.15, 0.2) is 5.65 Å². The highest BCUT2D eigenvalue weighted by Gasteiger charge is 2.20. The van der Waals surface area contributed by atoms with Crippen molar-refractivity contribution >= 4 is 17.1 Å². The number of nitrogens with one attached hydrogen (secondary N) is 1. The molecule has 0 aliphatic heterocycles. The van der Waals surface area contributed by atoms with Crippen LogP contribution in [-0.2, 0) is 4.74 Å². The molecule has 1 N–H and O–H groups in total. The zero-order valence-electron chi connectivity index (χ0n) is 12.0. The molecule has 108 valence electrons. The third kappa shape index (κ3) is 2.49. The molecule has 0 atom stereocenters. The Morgan fingerprint density at radius 3 is 2.81 bits per heavy atom. The Kier molecular flexibility index (Phi) is 2.97. The molecule has 0 saturated heterocycles. The number of H-pyrrole nitrogens is 1. The molecule has 7 nitrogen and oxygen atoms in total. The monoisotopic (exact) mass is 285 g/mol. The minimum atomic E-state index is -0.561. The molecule has 0 amide bonds. The number of aromatic amines is 1. The number of nitrogens with zero attached hydrogens (tertiary/aromatic N) is 4. The fourth-order valence-corrected chi connectivity index (χ4v) is 2.02. The van der Waals surface area contributed by atoms with E-state index in [1.165, 1.54) is 10.9 Å². The largest absolute Gasteiger partial charge is 0.443 e. The number of hydrogen-bond acceptors (Lipinski definition) is 5. The molecule has 0 fully saturated rings. The zero-order chi connectivity index (χ0) is 15.0. The van der Waals surface area contributed by atoms with Crippen LogP contribution in [0.3, 0.4) is 0 Å². The van der Waals surface area contributed by atoms with Gasteiger partial charge in [-0.1, -0.05) is 0 Å². The summed E-state index contributed by atoms with van der Waals surface area (Å²) in [7, 11) is 0. The van der Waals surface area contributed by atoms with E-state index >= 15 is 0 Å². The van der Waals surface area contributed by atoms with E-state index in [0.717, 1.165) is 16.6 Å². The van der Waals surface area contributed by atoms with Crippen molar-refractivity contribution in [3.63, 3.8) is 0 Å². The van der Waals surface area contributed by atoms with E-state index in [1.54, 1.807) is 24.7 Å². The Balaban J connectivity index is 2.08. The second-order valence-corrected chi connectivity index (χ2v) is 5.61. The van der Waals surface area contributed by atoms with Crippen molar-refractivity contribution in [2.24, 2.45) is 0 Å². The summed E-state index contributed by atoms with van der Waals surface area (Å²) in [5.74, 6) is 0. The number of aromatic nitrogens is 5. The smallest absolute Gasteiger partial charge is 0.420 e. The van der Waals surface area contributed by atoms with E-state index in [9.17, 15) is 4.79 Å². The Labute approximate surface area is 121 Å². The van der Waals surface area contributed by atoms with Gasteiger partial charge in [-0.05, 0) is 26.8 Å². The molecule has 3 aromatic heterocycles. The quantitative estimate of drug-likeness (QED) is 0.742. The van der Waals surface area contributed by atoms with Crippen LogP contribution in [0, 0.1) is 0 Å². The highest BCUT2D eigenvalue weighted by molar-refractivity contribution is 5.95. The first kappa shape index (κ1) is 13.3. The standard InChI is InChI=1S/C14H15N5O2/c1-14(2,3)21-13(20)19-5-4-10-11(9-6-17-18-7-9)15-8-16-12(10)19/h4-8H,1-3H3,(H,17,18). The molecular weight excluding hydrogens is 270 g/mol. The second kappa shape index (κ2) is 4.69. The Hall–Kier alpha value is -2.70. The summed E-state index contributed by atoms with van der Waals surface area (Å²) in [5, 5.41) is 7.42. The van der Waals surface area contributed by atoms with Crippen LogP contribution in [0.25, 0.3) is 22.3 Å². The molecule has 3 rings (SSSR count). The van der Waals surface area contributed by atoms with Crippen molar-refractivity contribution in [3.8, 4) is 11.3 Å². The summed E-state index contributed by atoms with van der Waals surface area (Å²) in [6, 6.07) is 1.79. The van der Waals surface area contributed by atoms with Gasteiger partial charge in [0.05, 0.1) is 11.9 Å². The predicted molar refractivity (Wildman–Crippen MR) is 76.7 cm³/mol. The molecule has 21 heavy (non-hydrogen) atoms. The topological polar surface area (TPSA) is 85.7 Å². The average molecular weight is 285 g/mol. The molecule has 0 spiro atoms. The minimum Gasteiger partial charge on any atom is -0.443 e. The SMILES string of the molecule is CC(C)(C)OC(=O)n1ccc2c(-c3cn[nH]c3)ncnc21. The highest BCUT2D eigenvalue weighted by atomic mass is 16.6. The summed E-state index contributed by atoms with van der Waals surface area (Å²) in [6.07, 6.45) is 6.01. The van der Waals surface area contributed by atoms with Gasteiger partial charge >= 0.3 is 6.09 Å². The number of carbonyl (C=O) groups is 1.